The molecule has 7 atom stereocenters. The van der Waals surface area contributed by atoms with Crippen LogP contribution in [0.2, 0.25) is 0 Å². The lowest BCUT2D eigenvalue weighted by molar-refractivity contribution is 0.0124. The Balaban J connectivity index is 1.67. The van der Waals surface area contributed by atoms with Gasteiger partial charge in [0, 0.05) is 12.5 Å². The fraction of sp³-hybridized carbons (Fsp3) is 0.806. The van der Waals surface area contributed by atoms with Crippen LogP contribution >= 0.6 is 0 Å². The molecule has 0 spiro atoms. The van der Waals surface area contributed by atoms with Gasteiger partial charge in [-0.15, -0.1) is 0 Å². The molecule has 200 valence electrons. The van der Waals surface area contributed by atoms with Crippen molar-refractivity contribution in [2.75, 3.05) is 6.61 Å². The lowest BCUT2D eigenvalue weighted by Gasteiger charge is -2.44. The van der Waals surface area contributed by atoms with E-state index in [1.807, 2.05) is 13.8 Å². The number of rotatable bonds is 10. The van der Waals surface area contributed by atoms with E-state index in [9.17, 15) is 15.3 Å². The van der Waals surface area contributed by atoms with Crippen LogP contribution < -0.4 is 0 Å². The Kier molecular flexibility index (Phi) is 9.87. The monoisotopic (exact) mass is 488 g/mol. The highest BCUT2D eigenvalue weighted by Crippen LogP contribution is 2.60. The van der Waals surface area contributed by atoms with Crippen molar-refractivity contribution in [1.82, 2.24) is 0 Å². The van der Waals surface area contributed by atoms with Crippen molar-refractivity contribution in [3.63, 3.8) is 0 Å². The summed E-state index contributed by atoms with van der Waals surface area (Å²) in [7, 11) is 0. The molecule has 0 aromatic rings. The van der Waals surface area contributed by atoms with Crippen molar-refractivity contribution in [2.45, 2.75) is 123 Å². The second-order valence-corrected chi connectivity index (χ2v) is 12.8. The summed E-state index contributed by atoms with van der Waals surface area (Å²) in [6.07, 6.45) is 15.3. The van der Waals surface area contributed by atoms with E-state index >= 15 is 0 Å². The SMILES string of the molecule is C=C1/C(=C/C=C2\CCC[C@]3(C)[C@@H]([C@H](C)CCCC(C)(C)O)CC[C@@H]23)C[C@@H](O)[C@@H](CCCCO)[C@@H]1O. The predicted molar refractivity (Wildman–Crippen MR) is 144 cm³/mol. The van der Waals surface area contributed by atoms with Gasteiger partial charge in [-0.2, -0.15) is 0 Å². The van der Waals surface area contributed by atoms with E-state index in [2.05, 4.69) is 32.6 Å². The number of fused-ring (bicyclic) bond motifs is 1. The van der Waals surface area contributed by atoms with Gasteiger partial charge in [0.2, 0.25) is 0 Å². The van der Waals surface area contributed by atoms with Gasteiger partial charge in [-0.25, -0.2) is 0 Å². The van der Waals surface area contributed by atoms with Crippen LogP contribution in [0.1, 0.15) is 105 Å². The number of hydrogen-bond acceptors (Lipinski definition) is 4. The third-order valence-corrected chi connectivity index (χ3v) is 9.72. The number of unbranched alkanes of at least 4 members (excludes halogenated alkanes) is 1. The molecule has 0 aliphatic heterocycles. The molecule has 0 saturated heterocycles. The Bertz CT molecular complexity index is 775. The molecule has 0 unspecified atom stereocenters. The first-order valence-corrected chi connectivity index (χ1v) is 14.3. The topological polar surface area (TPSA) is 80.9 Å². The van der Waals surface area contributed by atoms with Gasteiger partial charge < -0.3 is 20.4 Å². The molecular formula is C31H52O4. The summed E-state index contributed by atoms with van der Waals surface area (Å²) in [5, 5.41) is 40.7. The lowest BCUT2D eigenvalue weighted by Crippen LogP contribution is -2.38. The number of aliphatic hydroxyl groups is 4. The molecular weight excluding hydrogens is 436 g/mol. The fourth-order valence-electron chi connectivity index (χ4n) is 7.66. The van der Waals surface area contributed by atoms with E-state index in [4.69, 9.17) is 5.11 Å². The van der Waals surface area contributed by atoms with Crippen LogP contribution in [-0.2, 0) is 0 Å². The van der Waals surface area contributed by atoms with E-state index in [-0.39, 0.29) is 12.5 Å². The third-order valence-electron chi connectivity index (χ3n) is 9.72. The summed E-state index contributed by atoms with van der Waals surface area (Å²) < 4.78 is 0. The maximum absolute atomic E-state index is 10.8. The molecule has 0 bridgehead atoms. The minimum atomic E-state index is -0.709. The first-order chi connectivity index (χ1) is 16.5. The van der Waals surface area contributed by atoms with Gasteiger partial charge in [0.25, 0.3) is 0 Å². The van der Waals surface area contributed by atoms with Crippen molar-refractivity contribution in [1.29, 1.82) is 0 Å². The molecule has 3 aliphatic carbocycles. The molecule has 0 amide bonds. The van der Waals surface area contributed by atoms with Crippen molar-refractivity contribution in [2.24, 2.45) is 29.1 Å². The van der Waals surface area contributed by atoms with Gasteiger partial charge in [0.15, 0.2) is 0 Å². The third kappa shape index (κ3) is 6.89. The van der Waals surface area contributed by atoms with Gasteiger partial charge in [-0.05, 0) is 106 Å². The number of aliphatic hydroxyl groups excluding tert-OH is 3. The van der Waals surface area contributed by atoms with Crippen molar-refractivity contribution in [3.8, 4) is 0 Å². The molecule has 3 saturated carbocycles. The largest absolute Gasteiger partial charge is 0.396 e. The highest BCUT2D eigenvalue weighted by molar-refractivity contribution is 5.39. The quantitative estimate of drug-likeness (QED) is 0.280. The molecule has 3 fully saturated rings. The fourth-order valence-corrected chi connectivity index (χ4v) is 7.66. The smallest absolute Gasteiger partial charge is 0.0839 e. The Hall–Kier alpha value is -0.940. The number of hydrogen-bond donors (Lipinski definition) is 4. The summed E-state index contributed by atoms with van der Waals surface area (Å²) in [4.78, 5) is 0. The first kappa shape index (κ1) is 28.6. The summed E-state index contributed by atoms with van der Waals surface area (Å²) in [5.74, 6) is 1.84. The van der Waals surface area contributed by atoms with Gasteiger partial charge in [-0.1, -0.05) is 57.4 Å². The van der Waals surface area contributed by atoms with Crippen LogP contribution in [0.3, 0.4) is 0 Å². The molecule has 4 N–H and O–H groups in total. The standard InChI is InChI=1S/C31H52O4/c1-21(10-8-17-30(3,4)35)26-15-16-27-23(11-9-18-31(26,27)5)13-14-24-20-28(33)25(12-6-7-19-32)29(34)22(24)2/h13-14,21,25-29,32-35H,2,6-12,15-20H2,1,3-5H3/b23-13+,24-14+/t21-,25-,26-,27+,28-,29-,31-/m1/s1. The van der Waals surface area contributed by atoms with Gasteiger partial charge in [-0.3, -0.25) is 0 Å². The van der Waals surface area contributed by atoms with E-state index in [1.165, 1.54) is 32.1 Å². The molecule has 0 radical (unpaired) electrons. The zero-order valence-corrected chi connectivity index (χ0v) is 22.8. The van der Waals surface area contributed by atoms with E-state index in [1.54, 1.807) is 5.57 Å². The molecule has 0 aromatic carbocycles. The second kappa shape index (κ2) is 12.1. The molecule has 0 aromatic heterocycles. The summed E-state index contributed by atoms with van der Waals surface area (Å²) in [6.45, 7) is 13.1. The van der Waals surface area contributed by atoms with Gasteiger partial charge in [0.05, 0.1) is 17.8 Å². The highest BCUT2D eigenvalue weighted by atomic mass is 16.3. The molecule has 3 aliphatic rings. The molecule has 4 heteroatoms. The average molecular weight is 489 g/mol. The Labute approximate surface area is 214 Å². The van der Waals surface area contributed by atoms with Crippen molar-refractivity contribution < 1.29 is 20.4 Å². The zero-order chi connectivity index (χ0) is 25.8. The minimum Gasteiger partial charge on any atom is -0.396 e. The molecule has 3 rings (SSSR count). The van der Waals surface area contributed by atoms with Crippen LogP contribution in [-0.4, -0.2) is 44.8 Å². The normalized spacial score (nSPS) is 37.1. The summed E-state index contributed by atoms with van der Waals surface area (Å²) in [5.41, 5.74) is 3.05. The van der Waals surface area contributed by atoms with E-state index in [0.29, 0.717) is 36.5 Å². The Morgan fingerprint density at radius 3 is 2.57 bits per heavy atom. The van der Waals surface area contributed by atoms with Crippen LogP contribution in [0.5, 0.6) is 0 Å². The van der Waals surface area contributed by atoms with Gasteiger partial charge in [0.1, 0.15) is 0 Å². The van der Waals surface area contributed by atoms with E-state index < -0.39 is 17.8 Å². The van der Waals surface area contributed by atoms with Crippen molar-refractivity contribution >= 4 is 0 Å². The maximum Gasteiger partial charge on any atom is 0.0839 e. The summed E-state index contributed by atoms with van der Waals surface area (Å²) >= 11 is 0. The van der Waals surface area contributed by atoms with Crippen molar-refractivity contribution in [3.05, 3.63) is 35.5 Å². The predicted octanol–water partition coefficient (Wildman–Crippen LogP) is 6.09. The Morgan fingerprint density at radius 2 is 1.89 bits per heavy atom. The average Bonchev–Trinajstić information content (AvgIpc) is 3.14. The lowest BCUT2D eigenvalue weighted by atomic mass is 9.60. The van der Waals surface area contributed by atoms with E-state index in [0.717, 1.165) is 42.7 Å². The summed E-state index contributed by atoms with van der Waals surface area (Å²) in [6, 6.07) is 0. The molecule has 0 heterocycles. The zero-order valence-electron chi connectivity index (χ0n) is 22.8. The highest BCUT2D eigenvalue weighted by Gasteiger charge is 2.50. The number of allylic oxidation sites excluding steroid dienone is 3. The minimum absolute atomic E-state index is 0.152. The maximum atomic E-state index is 10.8. The van der Waals surface area contributed by atoms with Crippen LogP contribution in [0, 0.1) is 29.1 Å². The molecule has 4 nitrogen and oxygen atoms in total. The van der Waals surface area contributed by atoms with Crippen LogP contribution in [0.4, 0.5) is 0 Å². The second-order valence-electron chi connectivity index (χ2n) is 12.8. The first-order valence-electron chi connectivity index (χ1n) is 14.3. The van der Waals surface area contributed by atoms with Crippen LogP contribution in [0.25, 0.3) is 0 Å². The Morgan fingerprint density at radius 1 is 1.14 bits per heavy atom. The van der Waals surface area contributed by atoms with Gasteiger partial charge >= 0.3 is 0 Å². The van der Waals surface area contributed by atoms with Crippen LogP contribution in [0.15, 0.2) is 35.5 Å². The molecule has 35 heavy (non-hydrogen) atoms.